The molecular formula is C13H15N5O5. The normalized spacial score (nSPS) is 10.6. The molecule has 0 aliphatic carbocycles. The van der Waals surface area contributed by atoms with Crippen molar-refractivity contribution in [1.29, 1.82) is 0 Å². The molecule has 0 fully saturated rings. The van der Waals surface area contributed by atoms with Crippen molar-refractivity contribution < 1.29 is 9.59 Å². The number of aryl methyl sites for hydroxylation is 1. The summed E-state index contributed by atoms with van der Waals surface area (Å²) >= 11 is 0. The Bertz CT molecular complexity index is 997. The molecule has 0 unspecified atom stereocenters. The highest BCUT2D eigenvalue weighted by atomic mass is 16.2. The number of nitrogens with zero attached hydrogens (tertiary/aromatic N) is 3. The number of anilines is 1. The quantitative estimate of drug-likeness (QED) is 0.607. The first-order chi connectivity index (χ1) is 10.6. The van der Waals surface area contributed by atoms with Gasteiger partial charge in [-0.25, -0.2) is 9.80 Å². The number of amides is 2. The molecule has 2 aromatic rings. The van der Waals surface area contributed by atoms with Crippen molar-refractivity contribution in [3.63, 3.8) is 0 Å². The van der Waals surface area contributed by atoms with E-state index in [0.29, 0.717) is 0 Å². The number of fused-ring (bicyclic) bond motifs is 1. The van der Waals surface area contributed by atoms with Crippen LogP contribution in [0.2, 0.25) is 0 Å². The van der Waals surface area contributed by atoms with Crippen LogP contribution in [0.15, 0.2) is 20.4 Å². The molecular weight excluding hydrogens is 306 g/mol. The molecule has 2 N–H and O–H groups in total. The van der Waals surface area contributed by atoms with Crippen molar-refractivity contribution in [2.45, 2.75) is 13.8 Å². The Hall–Kier alpha value is -3.17. The van der Waals surface area contributed by atoms with Crippen molar-refractivity contribution in [3.8, 4) is 0 Å². The third-order valence-corrected chi connectivity index (χ3v) is 3.25. The number of aromatic amines is 1. The number of pyridine rings is 1. The van der Waals surface area contributed by atoms with Gasteiger partial charge in [-0.05, 0) is 0 Å². The molecule has 0 saturated carbocycles. The van der Waals surface area contributed by atoms with Gasteiger partial charge in [0.25, 0.3) is 5.56 Å². The minimum absolute atomic E-state index is 0.0443. The maximum absolute atomic E-state index is 12.2. The van der Waals surface area contributed by atoms with E-state index >= 15 is 0 Å². The summed E-state index contributed by atoms with van der Waals surface area (Å²) in [5, 5.41) is 0.607. The van der Waals surface area contributed by atoms with Crippen LogP contribution in [0.3, 0.4) is 0 Å². The Morgan fingerprint density at radius 3 is 2.26 bits per heavy atom. The standard InChI is InChI=1S/C13H15N5O5/c1-6(19)15-18(7(2)20)9-5-8(21)10-11(14-9)16(3)13(23)17(4)12(10)22/h5H,1-4H3,(H,14,21)(H,15,19). The predicted octanol–water partition coefficient (Wildman–Crippen LogP) is -1.67. The molecule has 0 atom stereocenters. The van der Waals surface area contributed by atoms with E-state index < -0.39 is 28.5 Å². The molecule has 2 heterocycles. The third-order valence-electron chi connectivity index (χ3n) is 3.25. The highest BCUT2D eigenvalue weighted by molar-refractivity contribution is 5.94. The molecule has 0 aliphatic heterocycles. The van der Waals surface area contributed by atoms with E-state index in [4.69, 9.17) is 0 Å². The molecule has 122 valence electrons. The van der Waals surface area contributed by atoms with Crippen molar-refractivity contribution in [3.05, 3.63) is 37.1 Å². The Morgan fingerprint density at radius 2 is 1.74 bits per heavy atom. The van der Waals surface area contributed by atoms with E-state index in [2.05, 4.69) is 10.4 Å². The van der Waals surface area contributed by atoms with Crippen LogP contribution < -0.4 is 27.1 Å². The number of nitrogens with one attached hydrogen (secondary N) is 2. The Balaban J connectivity index is 2.88. The van der Waals surface area contributed by atoms with Crippen LogP contribution in [0.25, 0.3) is 11.0 Å². The number of hydrazine groups is 1. The van der Waals surface area contributed by atoms with Crippen LogP contribution >= 0.6 is 0 Å². The van der Waals surface area contributed by atoms with Crippen molar-refractivity contribution in [1.82, 2.24) is 19.5 Å². The van der Waals surface area contributed by atoms with Gasteiger partial charge in [0.1, 0.15) is 16.9 Å². The SMILES string of the molecule is CC(=O)NN(C(C)=O)c1cc(=O)c2c(=O)n(C)c(=O)n(C)c2[nH]1. The molecule has 0 bridgehead atoms. The number of carbonyl (C=O) groups is 2. The summed E-state index contributed by atoms with van der Waals surface area (Å²) in [6, 6.07) is 1.01. The van der Waals surface area contributed by atoms with Crippen LogP contribution in [0.1, 0.15) is 13.8 Å². The van der Waals surface area contributed by atoms with Crippen molar-refractivity contribution >= 4 is 28.7 Å². The zero-order chi connectivity index (χ0) is 17.5. The fourth-order valence-corrected chi connectivity index (χ4v) is 2.15. The van der Waals surface area contributed by atoms with Gasteiger partial charge in [-0.3, -0.25) is 33.7 Å². The predicted molar refractivity (Wildman–Crippen MR) is 82.0 cm³/mol. The minimum atomic E-state index is -0.746. The first-order valence-electron chi connectivity index (χ1n) is 6.56. The smallest absolute Gasteiger partial charge is 0.325 e. The second-order valence-electron chi connectivity index (χ2n) is 4.97. The lowest BCUT2D eigenvalue weighted by molar-refractivity contribution is -0.124. The first kappa shape index (κ1) is 16.2. The maximum atomic E-state index is 12.2. The van der Waals surface area contributed by atoms with Gasteiger partial charge < -0.3 is 4.98 Å². The number of H-pyrrole nitrogens is 1. The molecule has 10 heteroatoms. The molecule has 23 heavy (non-hydrogen) atoms. The molecule has 2 amide bonds. The molecule has 2 rings (SSSR count). The topological polar surface area (TPSA) is 126 Å². The number of carbonyl (C=O) groups excluding carboxylic acids is 2. The van der Waals surface area contributed by atoms with Gasteiger partial charge in [-0.1, -0.05) is 0 Å². The number of hydrogen-bond donors (Lipinski definition) is 2. The maximum Gasteiger partial charge on any atom is 0.332 e. The zero-order valence-corrected chi connectivity index (χ0v) is 13.0. The second-order valence-corrected chi connectivity index (χ2v) is 4.97. The summed E-state index contributed by atoms with van der Waals surface area (Å²) in [5.41, 5.74) is 0.148. The Kier molecular flexibility index (Phi) is 3.91. The lowest BCUT2D eigenvalue weighted by Crippen LogP contribution is -2.46. The molecule has 0 aromatic carbocycles. The van der Waals surface area contributed by atoms with Gasteiger partial charge in [0, 0.05) is 34.0 Å². The molecule has 0 radical (unpaired) electrons. The van der Waals surface area contributed by atoms with Gasteiger partial charge in [0.05, 0.1) is 0 Å². The van der Waals surface area contributed by atoms with Gasteiger partial charge in [0.15, 0.2) is 5.43 Å². The fraction of sp³-hybridized carbons (Fsp3) is 0.308. The highest BCUT2D eigenvalue weighted by Crippen LogP contribution is 2.10. The van der Waals surface area contributed by atoms with Crippen LogP contribution in [-0.4, -0.2) is 25.9 Å². The van der Waals surface area contributed by atoms with Crippen LogP contribution in [0.5, 0.6) is 0 Å². The highest BCUT2D eigenvalue weighted by Gasteiger charge is 2.18. The number of hydrogen-bond acceptors (Lipinski definition) is 5. The monoisotopic (exact) mass is 321 g/mol. The Morgan fingerprint density at radius 1 is 1.13 bits per heavy atom. The second kappa shape index (κ2) is 5.55. The zero-order valence-electron chi connectivity index (χ0n) is 13.0. The van der Waals surface area contributed by atoms with Crippen LogP contribution in [-0.2, 0) is 23.7 Å². The van der Waals surface area contributed by atoms with Gasteiger partial charge in [-0.2, -0.15) is 0 Å². The van der Waals surface area contributed by atoms with Crippen molar-refractivity contribution in [2.75, 3.05) is 5.01 Å². The lowest BCUT2D eigenvalue weighted by Gasteiger charge is -2.21. The average molecular weight is 321 g/mol. The van der Waals surface area contributed by atoms with Gasteiger partial charge in [0.2, 0.25) is 11.8 Å². The van der Waals surface area contributed by atoms with Crippen LogP contribution in [0, 0.1) is 0 Å². The van der Waals surface area contributed by atoms with E-state index in [1.165, 1.54) is 27.9 Å². The fourth-order valence-electron chi connectivity index (χ4n) is 2.15. The van der Waals surface area contributed by atoms with Crippen LogP contribution in [0.4, 0.5) is 5.82 Å². The molecule has 0 spiro atoms. The van der Waals surface area contributed by atoms with E-state index in [1.807, 2.05) is 0 Å². The average Bonchev–Trinajstić information content (AvgIpc) is 2.47. The summed E-state index contributed by atoms with van der Waals surface area (Å²) in [7, 11) is 2.64. The Labute approximate surface area is 128 Å². The third kappa shape index (κ3) is 2.65. The van der Waals surface area contributed by atoms with E-state index in [-0.39, 0.29) is 16.9 Å². The van der Waals surface area contributed by atoms with Gasteiger partial charge in [-0.15, -0.1) is 0 Å². The van der Waals surface area contributed by atoms with E-state index in [9.17, 15) is 24.0 Å². The number of rotatable bonds is 1. The summed E-state index contributed by atoms with van der Waals surface area (Å²) in [6.07, 6.45) is 0. The lowest BCUT2D eigenvalue weighted by atomic mass is 10.3. The van der Waals surface area contributed by atoms with E-state index in [0.717, 1.165) is 20.2 Å². The van der Waals surface area contributed by atoms with E-state index in [1.54, 1.807) is 0 Å². The molecule has 2 aromatic heterocycles. The minimum Gasteiger partial charge on any atom is -0.325 e. The van der Waals surface area contributed by atoms with Gasteiger partial charge >= 0.3 is 5.69 Å². The summed E-state index contributed by atoms with van der Waals surface area (Å²) in [4.78, 5) is 61.8. The molecule has 10 nitrogen and oxygen atoms in total. The summed E-state index contributed by atoms with van der Waals surface area (Å²) in [5.74, 6) is -1.16. The molecule has 0 saturated heterocycles. The van der Waals surface area contributed by atoms with Crippen molar-refractivity contribution in [2.24, 2.45) is 14.1 Å². The largest absolute Gasteiger partial charge is 0.332 e. The number of aromatic nitrogens is 3. The summed E-state index contributed by atoms with van der Waals surface area (Å²) < 4.78 is 1.89. The molecule has 0 aliphatic rings. The first-order valence-corrected chi connectivity index (χ1v) is 6.56. The summed E-state index contributed by atoms with van der Waals surface area (Å²) in [6.45, 7) is 2.38.